The molecular weight excluding hydrogens is 273 g/mol. The summed E-state index contributed by atoms with van der Waals surface area (Å²) in [6, 6.07) is 0. The van der Waals surface area contributed by atoms with Gasteiger partial charge < -0.3 is 10.5 Å². The highest BCUT2D eigenvalue weighted by atomic mass is 35.5. The lowest BCUT2D eigenvalue weighted by Gasteiger charge is -2.17. The molecule has 1 aliphatic rings. The molecule has 1 saturated carbocycles. The molecule has 0 unspecified atom stereocenters. The molecule has 1 rings (SSSR count). The van der Waals surface area contributed by atoms with E-state index in [9.17, 15) is 4.79 Å². The first-order chi connectivity index (χ1) is 8.20. The lowest BCUT2D eigenvalue weighted by Crippen LogP contribution is -2.23. The highest BCUT2D eigenvalue weighted by Crippen LogP contribution is 2.63. The first-order valence-corrected chi connectivity index (χ1v) is 7.19. The molecule has 0 radical (unpaired) electrons. The van der Waals surface area contributed by atoms with Gasteiger partial charge in [-0.05, 0) is 31.2 Å². The highest BCUT2D eigenvalue weighted by molar-refractivity contribution is 6.51. The molecule has 0 spiro atoms. The van der Waals surface area contributed by atoms with Crippen molar-refractivity contribution in [3.05, 3.63) is 0 Å². The topological polar surface area (TPSA) is 52.3 Å². The SMILES string of the molecule is CC(C)C[C@H](CN)CC(=O)OC[C@]1(C)CC1(Cl)Cl. The summed E-state index contributed by atoms with van der Waals surface area (Å²) in [5, 5.41) is 0. The lowest BCUT2D eigenvalue weighted by atomic mass is 9.94. The van der Waals surface area contributed by atoms with Crippen LogP contribution in [0.15, 0.2) is 0 Å². The number of halogens is 2. The molecule has 0 bridgehead atoms. The van der Waals surface area contributed by atoms with E-state index in [4.69, 9.17) is 33.7 Å². The van der Waals surface area contributed by atoms with Crippen LogP contribution in [0.3, 0.4) is 0 Å². The molecule has 0 saturated heterocycles. The molecule has 0 amide bonds. The molecule has 1 aliphatic carbocycles. The summed E-state index contributed by atoms with van der Waals surface area (Å²) in [5.41, 5.74) is 5.37. The Hall–Kier alpha value is 0.01000. The minimum absolute atomic E-state index is 0.196. The molecule has 0 heterocycles. The largest absolute Gasteiger partial charge is 0.465 e. The molecule has 0 aromatic carbocycles. The van der Waals surface area contributed by atoms with Gasteiger partial charge in [-0.15, -0.1) is 23.2 Å². The lowest BCUT2D eigenvalue weighted by molar-refractivity contribution is -0.146. The number of carbonyl (C=O) groups excluding carboxylic acids is 1. The smallest absolute Gasteiger partial charge is 0.306 e. The van der Waals surface area contributed by atoms with Gasteiger partial charge in [-0.25, -0.2) is 0 Å². The van der Waals surface area contributed by atoms with Gasteiger partial charge in [-0.3, -0.25) is 4.79 Å². The number of rotatable bonds is 7. The summed E-state index contributed by atoms with van der Waals surface area (Å²) in [5.74, 6) is 0.523. The van der Waals surface area contributed by atoms with Gasteiger partial charge >= 0.3 is 5.97 Å². The zero-order valence-corrected chi connectivity index (χ0v) is 12.9. The first kappa shape index (κ1) is 16.1. The van der Waals surface area contributed by atoms with Crippen LogP contribution in [0.1, 0.15) is 40.0 Å². The zero-order valence-electron chi connectivity index (χ0n) is 11.3. The second kappa shape index (κ2) is 5.98. The van der Waals surface area contributed by atoms with Crippen LogP contribution in [0, 0.1) is 17.3 Å². The van der Waals surface area contributed by atoms with Crippen LogP contribution in [0.5, 0.6) is 0 Å². The average Bonchev–Trinajstić information content (AvgIpc) is 2.74. The van der Waals surface area contributed by atoms with Crippen LogP contribution in [-0.2, 0) is 9.53 Å². The van der Waals surface area contributed by atoms with Crippen molar-refractivity contribution in [2.75, 3.05) is 13.2 Å². The molecule has 5 heteroatoms. The first-order valence-electron chi connectivity index (χ1n) is 6.44. The van der Waals surface area contributed by atoms with E-state index in [1.165, 1.54) is 0 Å². The summed E-state index contributed by atoms with van der Waals surface area (Å²) in [4.78, 5) is 11.7. The third-order valence-electron chi connectivity index (χ3n) is 3.52. The van der Waals surface area contributed by atoms with E-state index in [0.717, 1.165) is 6.42 Å². The van der Waals surface area contributed by atoms with Crippen LogP contribution in [0.2, 0.25) is 0 Å². The average molecular weight is 296 g/mol. The van der Waals surface area contributed by atoms with E-state index in [1.54, 1.807) is 0 Å². The van der Waals surface area contributed by atoms with Gasteiger partial charge in [0.2, 0.25) is 0 Å². The Kier molecular flexibility index (Phi) is 5.33. The predicted molar refractivity (Wildman–Crippen MR) is 74.7 cm³/mol. The number of carbonyl (C=O) groups is 1. The molecule has 0 aromatic rings. The van der Waals surface area contributed by atoms with Crippen molar-refractivity contribution in [3.8, 4) is 0 Å². The monoisotopic (exact) mass is 295 g/mol. The fourth-order valence-corrected chi connectivity index (χ4v) is 2.77. The van der Waals surface area contributed by atoms with Crippen LogP contribution in [0.4, 0.5) is 0 Å². The molecule has 1 fully saturated rings. The third kappa shape index (κ3) is 4.29. The van der Waals surface area contributed by atoms with E-state index in [1.807, 2.05) is 6.92 Å². The Morgan fingerprint density at radius 2 is 2.00 bits per heavy atom. The van der Waals surface area contributed by atoms with E-state index in [2.05, 4.69) is 13.8 Å². The zero-order chi connectivity index (χ0) is 14.0. The van der Waals surface area contributed by atoms with E-state index in [0.29, 0.717) is 25.3 Å². The predicted octanol–water partition coefficient (Wildman–Crippen LogP) is 3.12. The Morgan fingerprint density at radius 1 is 1.44 bits per heavy atom. The van der Waals surface area contributed by atoms with Gasteiger partial charge in [0.25, 0.3) is 0 Å². The third-order valence-corrected chi connectivity index (χ3v) is 4.70. The maximum absolute atomic E-state index is 11.7. The molecule has 0 aliphatic heterocycles. The van der Waals surface area contributed by atoms with Gasteiger partial charge in [0.1, 0.15) is 4.33 Å². The summed E-state index contributed by atoms with van der Waals surface area (Å²) in [6.07, 6.45) is 1.99. The van der Waals surface area contributed by atoms with Crippen molar-refractivity contribution in [1.29, 1.82) is 0 Å². The summed E-state index contributed by atoms with van der Waals surface area (Å²) < 4.78 is 4.52. The van der Waals surface area contributed by atoms with E-state index >= 15 is 0 Å². The van der Waals surface area contributed by atoms with Gasteiger partial charge in [-0.2, -0.15) is 0 Å². The standard InChI is InChI=1S/C13H23Cl2NO2/c1-9(2)4-10(6-16)5-11(17)18-8-12(3)7-13(12,14)15/h9-10H,4-8,16H2,1-3H3/t10-,12-/m0/s1. The van der Waals surface area contributed by atoms with Crippen molar-refractivity contribution in [2.45, 2.75) is 44.4 Å². The molecule has 0 aromatic heterocycles. The number of nitrogens with two attached hydrogens (primary N) is 1. The van der Waals surface area contributed by atoms with Crippen LogP contribution in [-0.4, -0.2) is 23.5 Å². The molecule has 18 heavy (non-hydrogen) atoms. The number of ether oxygens (including phenoxy) is 1. The van der Waals surface area contributed by atoms with Crippen molar-refractivity contribution < 1.29 is 9.53 Å². The van der Waals surface area contributed by atoms with Gasteiger partial charge in [-0.1, -0.05) is 20.8 Å². The molecule has 3 nitrogen and oxygen atoms in total. The van der Waals surface area contributed by atoms with Gasteiger partial charge in [0.05, 0.1) is 6.61 Å². The minimum atomic E-state index is -0.738. The highest BCUT2D eigenvalue weighted by Gasteiger charge is 2.63. The Bertz CT molecular complexity index is 307. The van der Waals surface area contributed by atoms with Crippen molar-refractivity contribution >= 4 is 29.2 Å². The number of hydrogen-bond donors (Lipinski definition) is 1. The molecule has 106 valence electrons. The Morgan fingerprint density at radius 3 is 2.39 bits per heavy atom. The number of esters is 1. The number of hydrogen-bond acceptors (Lipinski definition) is 3. The van der Waals surface area contributed by atoms with Gasteiger partial charge in [0, 0.05) is 11.8 Å². The normalized spacial score (nSPS) is 27.1. The Labute approximate surface area is 119 Å². The summed E-state index contributed by atoms with van der Waals surface area (Å²) in [6.45, 7) is 6.97. The second-order valence-corrected chi connectivity index (χ2v) is 7.52. The molecule has 2 atom stereocenters. The quantitative estimate of drug-likeness (QED) is 0.580. The van der Waals surface area contributed by atoms with Crippen LogP contribution in [0.25, 0.3) is 0 Å². The minimum Gasteiger partial charge on any atom is -0.465 e. The van der Waals surface area contributed by atoms with Crippen LogP contribution >= 0.6 is 23.2 Å². The van der Waals surface area contributed by atoms with Crippen LogP contribution < -0.4 is 5.73 Å². The maximum Gasteiger partial charge on any atom is 0.306 e. The fourth-order valence-electron chi connectivity index (χ4n) is 2.07. The van der Waals surface area contributed by atoms with E-state index in [-0.39, 0.29) is 23.9 Å². The van der Waals surface area contributed by atoms with Crippen molar-refractivity contribution in [1.82, 2.24) is 0 Å². The molecular formula is C13H23Cl2NO2. The summed E-state index contributed by atoms with van der Waals surface area (Å²) >= 11 is 12.0. The number of alkyl halides is 2. The molecule has 2 N–H and O–H groups in total. The Balaban J connectivity index is 2.29. The summed E-state index contributed by atoms with van der Waals surface area (Å²) in [7, 11) is 0. The van der Waals surface area contributed by atoms with Gasteiger partial charge in [0.15, 0.2) is 0 Å². The maximum atomic E-state index is 11.7. The van der Waals surface area contributed by atoms with Crippen molar-refractivity contribution in [3.63, 3.8) is 0 Å². The van der Waals surface area contributed by atoms with E-state index < -0.39 is 4.33 Å². The second-order valence-electron chi connectivity index (χ2n) is 6.04. The van der Waals surface area contributed by atoms with Crippen molar-refractivity contribution in [2.24, 2.45) is 23.0 Å². The fraction of sp³-hybridized carbons (Fsp3) is 0.923.